The van der Waals surface area contributed by atoms with Gasteiger partial charge in [-0.3, -0.25) is 0 Å². The lowest BCUT2D eigenvalue weighted by molar-refractivity contribution is 0.0596. The molecule has 0 aliphatic carbocycles. The molecule has 1 N–H and O–H groups in total. The molecule has 18 heavy (non-hydrogen) atoms. The van der Waals surface area contributed by atoms with Gasteiger partial charge in [-0.2, -0.15) is 0 Å². The number of phenolic OH excluding ortho intramolecular Hbond substituents is 1. The molecule has 0 fully saturated rings. The van der Waals surface area contributed by atoms with E-state index in [4.69, 9.17) is 9.47 Å². The Hall–Kier alpha value is -1.97. The Kier molecular flexibility index (Phi) is 4.77. The zero-order valence-electron chi connectivity index (χ0n) is 10.9. The number of benzene rings is 1. The Bertz CT molecular complexity index is 449. The molecule has 1 aromatic rings. The summed E-state index contributed by atoms with van der Waals surface area (Å²) in [6.45, 7) is 7.65. The SMILES string of the molecule is C=CCOc1cc(O)c(C(C)C)cc1C(=O)OC. The van der Waals surface area contributed by atoms with Crippen molar-refractivity contribution in [3.63, 3.8) is 0 Å². The van der Waals surface area contributed by atoms with Crippen molar-refractivity contribution < 1.29 is 19.4 Å². The van der Waals surface area contributed by atoms with E-state index in [0.29, 0.717) is 16.9 Å². The molecule has 0 saturated carbocycles. The van der Waals surface area contributed by atoms with Crippen LogP contribution in [0.3, 0.4) is 0 Å². The monoisotopic (exact) mass is 250 g/mol. The van der Waals surface area contributed by atoms with Gasteiger partial charge in [-0.25, -0.2) is 4.79 Å². The largest absolute Gasteiger partial charge is 0.508 e. The van der Waals surface area contributed by atoms with Crippen LogP contribution in [0, 0.1) is 0 Å². The molecule has 1 aromatic carbocycles. The lowest BCUT2D eigenvalue weighted by Crippen LogP contribution is -2.07. The maximum absolute atomic E-state index is 11.7. The molecule has 0 radical (unpaired) electrons. The van der Waals surface area contributed by atoms with E-state index in [1.54, 1.807) is 12.1 Å². The molecule has 0 atom stereocenters. The maximum atomic E-state index is 11.7. The van der Waals surface area contributed by atoms with E-state index >= 15 is 0 Å². The fraction of sp³-hybridized carbons (Fsp3) is 0.357. The summed E-state index contributed by atoms with van der Waals surface area (Å²) in [7, 11) is 1.31. The van der Waals surface area contributed by atoms with Crippen LogP contribution in [0.2, 0.25) is 0 Å². The van der Waals surface area contributed by atoms with Crippen LogP contribution in [-0.4, -0.2) is 24.8 Å². The second kappa shape index (κ2) is 6.10. The Morgan fingerprint density at radius 3 is 2.67 bits per heavy atom. The van der Waals surface area contributed by atoms with Gasteiger partial charge in [-0.1, -0.05) is 26.5 Å². The first kappa shape index (κ1) is 14.1. The standard InChI is InChI=1S/C14H18O4/c1-5-6-18-13-8-12(15)10(9(2)3)7-11(13)14(16)17-4/h5,7-9,15H,1,6H2,2-4H3. The summed E-state index contributed by atoms with van der Waals surface area (Å²) in [5.41, 5.74) is 0.988. The van der Waals surface area contributed by atoms with Crippen molar-refractivity contribution in [3.8, 4) is 11.5 Å². The predicted octanol–water partition coefficient (Wildman–Crippen LogP) is 2.87. The number of phenols is 1. The van der Waals surface area contributed by atoms with Crippen molar-refractivity contribution in [2.45, 2.75) is 19.8 Å². The van der Waals surface area contributed by atoms with Gasteiger partial charge in [0.1, 0.15) is 23.7 Å². The van der Waals surface area contributed by atoms with Crippen molar-refractivity contribution in [3.05, 3.63) is 35.9 Å². The van der Waals surface area contributed by atoms with Gasteiger partial charge in [0.15, 0.2) is 0 Å². The number of aromatic hydroxyl groups is 1. The minimum Gasteiger partial charge on any atom is -0.508 e. The third-order valence-corrected chi connectivity index (χ3v) is 2.51. The smallest absolute Gasteiger partial charge is 0.341 e. The lowest BCUT2D eigenvalue weighted by Gasteiger charge is -2.14. The van der Waals surface area contributed by atoms with Gasteiger partial charge in [0.25, 0.3) is 0 Å². The summed E-state index contributed by atoms with van der Waals surface area (Å²) in [6, 6.07) is 3.04. The molecule has 0 amide bonds. The van der Waals surface area contributed by atoms with Crippen LogP contribution >= 0.6 is 0 Å². The Morgan fingerprint density at radius 1 is 1.50 bits per heavy atom. The van der Waals surface area contributed by atoms with E-state index in [2.05, 4.69) is 6.58 Å². The average molecular weight is 250 g/mol. The number of hydrogen-bond acceptors (Lipinski definition) is 4. The third-order valence-electron chi connectivity index (χ3n) is 2.51. The second-order valence-electron chi connectivity index (χ2n) is 4.15. The molecule has 4 nitrogen and oxygen atoms in total. The highest BCUT2D eigenvalue weighted by atomic mass is 16.5. The van der Waals surface area contributed by atoms with E-state index in [0.717, 1.165) is 0 Å². The summed E-state index contributed by atoms with van der Waals surface area (Å²) in [5, 5.41) is 9.88. The van der Waals surface area contributed by atoms with Gasteiger partial charge in [0, 0.05) is 6.07 Å². The van der Waals surface area contributed by atoms with Crippen LogP contribution in [-0.2, 0) is 4.74 Å². The predicted molar refractivity (Wildman–Crippen MR) is 69.2 cm³/mol. The molecule has 0 aromatic heterocycles. The van der Waals surface area contributed by atoms with Crippen LogP contribution in [0.4, 0.5) is 0 Å². The fourth-order valence-electron chi connectivity index (χ4n) is 1.59. The minimum absolute atomic E-state index is 0.0989. The number of rotatable bonds is 5. The van der Waals surface area contributed by atoms with Crippen LogP contribution in [0.15, 0.2) is 24.8 Å². The highest BCUT2D eigenvalue weighted by Gasteiger charge is 2.18. The summed E-state index contributed by atoms with van der Waals surface area (Å²) in [6.07, 6.45) is 1.56. The normalized spacial score (nSPS) is 10.2. The van der Waals surface area contributed by atoms with Crippen LogP contribution in [0.5, 0.6) is 11.5 Å². The molecule has 4 heteroatoms. The summed E-state index contributed by atoms with van der Waals surface area (Å²) < 4.78 is 10.1. The van der Waals surface area contributed by atoms with E-state index in [1.165, 1.54) is 13.2 Å². The first-order valence-electron chi connectivity index (χ1n) is 5.70. The molecule has 0 unspecified atom stereocenters. The Balaban J connectivity index is 3.27. The second-order valence-corrected chi connectivity index (χ2v) is 4.15. The highest BCUT2D eigenvalue weighted by Crippen LogP contribution is 2.33. The van der Waals surface area contributed by atoms with Crippen molar-refractivity contribution in [1.29, 1.82) is 0 Å². The van der Waals surface area contributed by atoms with Gasteiger partial charge < -0.3 is 14.6 Å². The fourth-order valence-corrected chi connectivity index (χ4v) is 1.59. The van der Waals surface area contributed by atoms with Gasteiger partial charge in [0.2, 0.25) is 0 Å². The van der Waals surface area contributed by atoms with E-state index in [1.807, 2.05) is 13.8 Å². The molecule has 0 aliphatic rings. The molecule has 0 heterocycles. The summed E-state index contributed by atoms with van der Waals surface area (Å²) >= 11 is 0. The number of carbonyl (C=O) groups excluding carboxylic acids is 1. The first-order chi connectivity index (χ1) is 8.51. The minimum atomic E-state index is -0.490. The molecule has 98 valence electrons. The number of ether oxygens (including phenoxy) is 2. The maximum Gasteiger partial charge on any atom is 0.341 e. The molecule has 0 saturated heterocycles. The van der Waals surface area contributed by atoms with Gasteiger partial charge in [-0.05, 0) is 17.5 Å². The number of methoxy groups -OCH3 is 1. The average Bonchev–Trinajstić information content (AvgIpc) is 2.34. The van der Waals surface area contributed by atoms with E-state index in [9.17, 15) is 9.90 Å². The van der Waals surface area contributed by atoms with Crippen LogP contribution in [0.1, 0.15) is 35.7 Å². The Labute approximate surface area is 107 Å². The lowest BCUT2D eigenvalue weighted by atomic mass is 9.99. The zero-order chi connectivity index (χ0) is 13.7. The van der Waals surface area contributed by atoms with Crippen molar-refractivity contribution in [2.24, 2.45) is 0 Å². The highest BCUT2D eigenvalue weighted by molar-refractivity contribution is 5.93. The number of hydrogen-bond donors (Lipinski definition) is 1. The third kappa shape index (κ3) is 3.03. The van der Waals surface area contributed by atoms with Crippen molar-refractivity contribution >= 4 is 5.97 Å². The molecule has 1 rings (SSSR count). The molecular formula is C14H18O4. The van der Waals surface area contributed by atoms with Gasteiger partial charge >= 0.3 is 5.97 Å². The van der Waals surface area contributed by atoms with Crippen molar-refractivity contribution in [1.82, 2.24) is 0 Å². The zero-order valence-corrected chi connectivity index (χ0v) is 10.9. The van der Waals surface area contributed by atoms with Crippen LogP contribution < -0.4 is 4.74 Å². The number of esters is 1. The topological polar surface area (TPSA) is 55.8 Å². The molecular weight excluding hydrogens is 232 g/mol. The van der Waals surface area contributed by atoms with Crippen LogP contribution in [0.25, 0.3) is 0 Å². The van der Waals surface area contributed by atoms with E-state index < -0.39 is 5.97 Å². The Morgan fingerprint density at radius 2 is 2.17 bits per heavy atom. The van der Waals surface area contributed by atoms with E-state index in [-0.39, 0.29) is 18.3 Å². The molecule has 0 spiro atoms. The summed E-state index contributed by atoms with van der Waals surface area (Å²) in [5.74, 6) is 0.0122. The molecule has 0 aliphatic heterocycles. The van der Waals surface area contributed by atoms with Gasteiger partial charge in [0.05, 0.1) is 7.11 Å². The van der Waals surface area contributed by atoms with Gasteiger partial charge in [-0.15, -0.1) is 0 Å². The molecule has 0 bridgehead atoms. The quantitative estimate of drug-likeness (QED) is 0.645. The number of carbonyl (C=O) groups is 1. The van der Waals surface area contributed by atoms with Crippen molar-refractivity contribution in [2.75, 3.05) is 13.7 Å². The first-order valence-corrected chi connectivity index (χ1v) is 5.70. The summed E-state index contributed by atoms with van der Waals surface area (Å²) in [4.78, 5) is 11.7.